The van der Waals surface area contributed by atoms with Gasteiger partial charge in [-0.25, -0.2) is 13.2 Å². The average molecular weight is 491 g/mol. The van der Waals surface area contributed by atoms with Gasteiger partial charge in [-0.2, -0.15) is 0 Å². The molecule has 1 atom stereocenters. The third kappa shape index (κ3) is 6.30. The molecule has 3 rings (SSSR count). The van der Waals surface area contributed by atoms with Crippen molar-refractivity contribution in [2.45, 2.75) is 31.8 Å². The fourth-order valence-electron chi connectivity index (χ4n) is 3.43. The van der Waals surface area contributed by atoms with Crippen LogP contribution in [0.25, 0.3) is 0 Å². The van der Waals surface area contributed by atoms with Crippen molar-refractivity contribution in [1.29, 1.82) is 0 Å². The highest BCUT2D eigenvalue weighted by Gasteiger charge is 2.28. The van der Waals surface area contributed by atoms with Crippen LogP contribution in [0.5, 0.6) is 0 Å². The van der Waals surface area contributed by atoms with E-state index in [0.29, 0.717) is 10.7 Å². The Balaban J connectivity index is 1.76. The standard InChI is InChI=1S/C24H27ClN2O5S/c1-4-27(5-2)19-10-13-21(17(3)15-19)26-24(28)32-23(22-7-6-14-31-22)16-33(29,30)20-11-8-18(25)9-12-20/h6-15,23H,4-5,16H2,1-3H3,(H,26,28). The number of benzene rings is 2. The molecule has 0 spiro atoms. The van der Waals surface area contributed by atoms with Crippen LogP contribution in [0.3, 0.4) is 0 Å². The van der Waals surface area contributed by atoms with Crippen molar-refractivity contribution >= 4 is 38.9 Å². The molecule has 2 aromatic carbocycles. The zero-order chi connectivity index (χ0) is 24.0. The van der Waals surface area contributed by atoms with Crippen molar-refractivity contribution in [2.75, 3.05) is 29.1 Å². The predicted octanol–water partition coefficient (Wildman–Crippen LogP) is 5.85. The number of nitrogens with one attached hydrogen (secondary N) is 1. The minimum atomic E-state index is -3.78. The lowest BCUT2D eigenvalue weighted by Gasteiger charge is -2.22. The minimum Gasteiger partial charge on any atom is -0.465 e. The van der Waals surface area contributed by atoms with Gasteiger partial charge < -0.3 is 14.1 Å². The van der Waals surface area contributed by atoms with Gasteiger partial charge in [0.15, 0.2) is 15.9 Å². The molecule has 9 heteroatoms. The average Bonchev–Trinajstić information content (AvgIpc) is 3.31. The van der Waals surface area contributed by atoms with Gasteiger partial charge in [0.05, 0.1) is 16.9 Å². The van der Waals surface area contributed by atoms with Crippen LogP contribution in [0.2, 0.25) is 5.02 Å². The highest BCUT2D eigenvalue weighted by atomic mass is 35.5. The molecule has 1 N–H and O–H groups in total. The van der Waals surface area contributed by atoms with Gasteiger partial charge in [0.2, 0.25) is 0 Å². The van der Waals surface area contributed by atoms with E-state index in [4.69, 9.17) is 20.8 Å². The highest BCUT2D eigenvalue weighted by Crippen LogP contribution is 2.27. The van der Waals surface area contributed by atoms with E-state index in [1.54, 1.807) is 18.2 Å². The number of nitrogens with zero attached hydrogens (tertiary/aromatic N) is 1. The van der Waals surface area contributed by atoms with Gasteiger partial charge in [-0.3, -0.25) is 5.32 Å². The van der Waals surface area contributed by atoms with E-state index in [1.165, 1.54) is 30.5 Å². The van der Waals surface area contributed by atoms with Crippen molar-refractivity contribution in [3.05, 3.63) is 77.2 Å². The van der Waals surface area contributed by atoms with Crippen LogP contribution in [-0.4, -0.2) is 33.4 Å². The molecular formula is C24H27ClN2O5S. The Morgan fingerprint density at radius 3 is 2.39 bits per heavy atom. The first kappa shape index (κ1) is 24.7. The first-order valence-electron chi connectivity index (χ1n) is 10.6. The van der Waals surface area contributed by atoms with Crippen molar-refractivity contribution in [3.8, 4) is 0 Å². The quantitative estimate of drug-likeness (QED) is 0.404. The zero-order valence-corrected chi connectivity index (χ0v) is 20.3. The summed E-state index contributed by atoms with van der Waals surface area (Å²) < 4.78 is 36.6. The summed E-state index contributed by atoms with van der Waals surface area (Å²) in [5.41, 5.74) is 2.49. The maximum atomic E-state index is 12.9. The third-order valence-electron chi connectivity index (χ3n) is 5.23. The summed E-state index contributed by atoms with van der Waals surface area (Å²) in [6, 6.07) is 14.7. The molecule has 0 saturated heterocycles. The zero-order valence-electron chi connectivity index (χ0n) is 18.7. The van der Waals surface area contributed by atoms with E-state index in [-0.39, 0.29) is 10.7 Å². The number of amides is 1. The van der Waals surface area contributed by atoms with E-state index >= 15 is 0 Å². The predicted molar refractivity (Wildman–Crippen MR) is 130 cm³/mol. The molecule has 0 bridgehead atoms. The first-order valence-corrected chi connectivity index (χ1v) is 12.6. The third-order valence-corrected chi connectivity index (χ3v) is 7.21. The fraction of sp³-hybridized carbons (Fsp3) is 0.292. The Morgan fingerprint density at radius 2 is 1.82 bits per heavy atom. The van der Waals surface area contributed by atoms with Crippen LogP contribution < -0.4 is 10.2 Å². The van der Waals surface area contributed by atoms with Crippen LogP contribution in [0.4, 0.5) is 16.2 Å². The van der Waals surface area contributed by atoms with Crippen LogP contribution in [0.1, 0.15) is 31.3 Å². The molecule has 3 aromatic rings. The molecule has 0 radical (unpaired) electrons. The second-order valence-corrected chi connectivity index (χ2v) is 9.91. The molecule has 33 heavy (non-hydrogen) atoms. The number of rotatable bonds is 9. The lowest BCUT2D eigenvalue weighted by atomic mass is 10.1. The lowest BCUT2D eigenvalue weighted by molar-refractivity contribution is 0.109. The first-order chi connectivity index (χ1) is 15.7. The molecule has 0 saturated carbocycles. The number of aryl methyl sites for hydroxylation is 1. The molecule has 0 aliphatic heterocycles. The van der Waals surface area contributed by atoms with Gasteiger partial charge in [0.25, 0.3) is 0 Å². The van der Waals surface area contributed by atoms with Crippen molar-refractivity contribution in [1.82, 2.24) is 0 Å². The number of anilines is 2. The molecule has 1 heterocycles. The summed E-state index contributed by atoms with van der Waals surface area (Å²) in [5, 5.41) is 3.13. The fourth-order valence-corrected chi connectivity index (χ4v) is 4.93. The second kappa shape index (κ2) is 10.8. The summed E-state index contributed by atoms with van der Waals surface area (Å²) in [7, 11) is -3.78. The largest absolute Gasteiger partial charge is 0.465 e. The van der Waals surface area contributed by atoms with Crippen molar-refractivity contribution in [3.63, 3.8) is 0 Å². The molecule has 0 aliphatic carbocycles. The van der Waals surface area contributed by atoms with Crippen LogP contribution >= 0.6 is 11.6 Å². The van der Waals surface area contributed by atoms with E-state index in [9.17, 15) is 13.2 Å². The molecule has 1 amide bonds. The number of hydrogen-bond donors (Lipinski definition) is 1. The Hall–Kier alpha value is -2.97. The van der Waals surface area contributed by atoms with Gasteiger partial charge in [-0.1, -0.05) is 11.6 Å². The Kier molecular flexibility index (Phi) is 8.05. The monoisotopic (exact) mass is 490 g/mol. The van der Waals surface area contributed by atoms with Crippen LogP contribution in [0.15, 0.2) is 70.2 Å². The van der Waals surface area contributed by atoms with Gasteiger partial charge in [0.1, 0.15) is 5.76 Å². The summed E-state index contributed by atoms with van der Waals surface area (Å²) in [5.74, 6) is -0.244. The smallest absolute Gasteiger partial charge is 0.412 e. The Labute approximate surface area is 199 Å². The van der Waals surface area contributed by atoms with E-state index in [0.717, 1.165) is 24.3 Å². The summed E-state index contributed by atoms with van der Waals surface area (Å²) in [4.78, 5) is 14.9. The number of sulfone groups is 1. The molecule has 0 fully saturated rings. The SMILES string of the molecule is CCN(CC)c1ccc(NC(=O)OC(CS(=O)(=O)c2ccc(Cl)cc2)c2ccco2)c(C)c1. The van der Waals surface area contributed by atoms with Crippen LogP contribution in [0, 0.1) is 6.92 Å². The van der Waals surface area contributed by atoms with Gasteiger partial charge >= 0.3 is 6.09 Å². The number of carbonyl (C=O) groups is 1. The maximum Gasteiger partial charge on any atom is 0.412 e. The maximum absolute atomic E-state index is 12.9. The number of hydrogen-bond acceptors (Lipinski definition) is 6. The molecule has 7 nitrogen and oxygen atoms in total. The van der Waals surface area contributed by atoms with E-state index in [2.05, 4.69) is 24.1 Å². The second-order valence-electron chi connectivity index (χ2n) is 7.44. The Bertz CT molecular complexity index is 1170. The van der Waals surface area contributed by atoms with Gasteiger partial charge in [0, 0.05) is 29.5 Å². The van der Waals surface area contributed by atoms with E-state index < -0.39 is 27.8 Å². The van der Waals surface area contributed by atoms with Crippen LogP contribution in [-0.2, 0) is 14.6 Å². The van der Waals surface area contributed by atoms with Crippen molar-refractivity contribution in [2.24, 2.45) is 0 Å². The normalized spacial score (nSPS) is 12.2. The Morgan fingerprint density at radius 1 is 1.12 bits per heavy atom. The number of halogens is 1. The summed E-state index contributed by atoms with van der Waals surface area (Å²) >= 11 is 5.86. The molecule has 1 aromatic heterocycles. The lowest BCUT2D eigenvalue weighted by Crippen LogP contribution is -2.24. The number of furan rings is 1. The molecule has 1 unspecified atom stereocenters. The highest BCUT2D eigenvalue weighted by molar-refractivity contribution is 7.91. The number of ether oxygens (including phenoxy) is 1. The molecular weight excluding hydrogens is 464 g/mol. The molecule has 0 aliphatic rings. The minimum absolute atomic E-state index is 0.0790. The topological polar surface area (TPSA) is 88.9 Å². The van der Waals surface area contributed by atoms with Gasteiger partial charge in [-0.05, 0) is 80.9 Å². The summed E-state index contributed by atoms with van der Waals surface area (Å²) in [6.07, 6.45) is -0.508. The number of carbonyl (C=O) groups excluding carboxylic acids is 1. The van der Waals surface area contributed by atoms with Gasteiger partial charge in [-0.15, -0.1) is 0 Å². The summed E-state index contributed by atoms with van der Waals surface area (Å²) in [6.45, 7) is 7.79. The van der Waals surface area contributed by atoms with Crippen molar-refractivity contribution < 1.29 is 22.4 Å². The molecule has 176 valence electrons. The van der Waals surface area contributed by atoms with E-state index in [1.807, 2.05) is 19.1 Å².